The molecule has 0 atom stereocenters. The van der Waals surface area contributed by atoms with E-state index in [4.69, 9.17) is 5.73 Å². The number of anilines is 1. The van der Waals surface area contributed by atoms with Gasteiger partial charge in [-0.25, -0.2) is 4.52 Å². The summed E-state index contributed by atoms with van der Waals surface area (Å²) in [5.41, 5.74) is 8.11. The fourth-order valence-electron chi connectivity index (χ4n) is 2.27. The number of nitrogens with one attached hydrogen (secondary N) is 1. The van der Waals surface area contributed by atoms with Gasteiger partial charge in [0.1, 0.15) is 11.0 Å². The molecule has 0 aromatic carbocycles. The number of rotatable bonds is 1. The number of nitrogen functional groups attached to an aromatic ring is 1. The van der Waals surface area contributed by atoms with Crippen LogP contribution < -0.4 is 16.8 Å². The highest BCUT2D eigenvalue weighted by molar-refractivity contribution is 5.79. The summed E-state index contributed by atoms with van der Waals surface area (Å²) < 4.78 is 3.33. The summed E-state index contributed by atoms with van der Waals surface area (Å²) in [7, 11) is 1.87. The Morgan fingerprint density at radius 3 is 2.91 bits per heavy atom. The predicted molar refractivity (Wildman–Crippen MR) is 83.6 cm³/mol. The molecule has 0 saturated carbocycles. The number of pyridine rings is 1. The summed E-state index contributed by atoms with van der Waals surface area (Å²) >= 11 is 0. The highest BCUT2D eigenvalue weighted by Crippen LogP contribution is 2.21. The van der Waals surface area contributed by atoms with E-state index in [1.54, 1.807) is 13.1 Å². The van der Waals surface area contributed by atoms with Gasteiger partial charge in [0.25, 0.3) is 5.56 Å². The second-order valence-corrected chi connectivity index (χ2v) is 4.72. The molecule has 0 spiro atoms. The Labute approximate surface area is 125 Å². The van der Waals surface area contributed by atoms with Crippen LogP contribution in [0.4, 0.5) is 5.95 Å². The van der Waals surface area contributed by atoms with Crippen molar-refractivity contribution < 1.29 is 0 Å². The fraction of sp³-hybridized carbons (Fsp3) is 0.133. The van der Waals surface area contributed by atoms with Crippen LogP contribution in [-0.2, 0) is 7.05 Å². The number of hydrogen-bond donors (Lipinski definition) is 2. The molecule has 0 fully saturated rings. The smallest absolute Gasteiger partial charge is 0.277 e. The monoisotopic (exact) mass is 294 g/mol. The second-order valence-electron chi connectivity index (χ2n) is 4.72. The highest BCUT2D eigenvalue weighted by Gasteiger charge is 2.10. The maximum atomic E-state index is 12.1. The molecule has 22 heavy (non-hydrogen) atoms. The van der Waals surface area contributed by atoms with Gasteiger partial charge in [-0.3, -0.25) is 9.78 Å². The number of nitrogens with zero attached hydrogens (tertiary/aromatic N) is 4. The predicted octanol–water partition coefficient (Wildman–Crippen LogP) is 0.492. The third-order valence-corrected chi connectivity index (χ3v) is 3.24. The van der Waals surface area contributed by atoms with E-state index >= 15 is 0 Å². The zero-order chi connectivity index (χ0) is 15.7. The number of hydrogen-bond acceptors (Lipinski definition) is 4. The maximum Gasteiger partial charge on any atom is 0.277 e. The number of aromatic nitrogens is 4. The molecule has 3 N–H and O–H groups in total. The van der Waals surface area contributed by atoms with Gasteiger partial charge >= 0.3 is 0 Å². The average molecular weight is 294 g/mol. The highest BCUT2D eigenvalue weighted by atomic mass is 16.1. The molecule has 3 rings (SSSR count). The van der Waals surface area contributed by atoms with Crippen molar-refractivity contribution in [3.63, 3.8) is 0 Å². The lowest BCUT2D eigenvalue weighted by molar-refractivity contribution is 0.838. The Bertz CT molecular complexity index is 1040. The van der Waals surface area contributed by atoms with Crippen molar-refractivity contribution in [2.45, 2.75) is 6.92 Å². The van der Waals surface area contributed by atoms with Crippen LogP contribution in [0.5, 0.6) is 0 Å². The van der Waals surface area contributed by atoms with Gasteiger partial charge in [0, 0.05) is 36.6 Å². The van der Waals surface area contributed by atoms with E-state index in [2.05, 4.69) is 27.0 Å². The van der Waals surface area contributed by atoms with Crippen LogP contribution in [0.3, 0.4) is 0 Å². The van der Waals surface area contributed by atoms with Crippen LogP contribution in [0, 0.1) is 12.0 Å². The van der Waals surface area contributed by atoms with Crippen molar-refractivity contribution in [3.05, 3.63) is 46.4 Å². The van der Waals surface area contributed by atoms with E-state index < -0.39 is 0 Å². The molecule has 0 bridgehead atoms. The standard InChI is InChI=1S/C15H14N6O/c1-3-7-17-12-5-4-10(9-20(12)2)11-6-8-21-13(11)14(22)18-15(16)19-21/h4-6,8-9H,1-2H3,(H3,16,18,19,22). The summed E-state index contributed by atoms with van der Waals surface area (Å²) in [4.78, 5) is 18.8. The van der Waals surface area contributed by atoms with Gasteiger partial charge in [-0.05, 0) is 25.1 Å². The van der Waals surface area contributed by atoms with Crippen molar-refractivity contribution in [1.82, 2.24) is 19.2 Å². The largest absolute Gasteiger partial charge is 0.368 e. The zero-order valence-corrected chi connectivity index (χ0v) is 12.2. The van der Waals surface area contributed by atoms with Gasteiger partial charge in [-0.2, -0.15) is 4.99 Å². The molecule has 0 aliphatic heterocycles. The first-order valence-electron chi connectivity index (χ1n) is 6.60. The summed E-state index contributed by atoms with van der Waals surface area (Å²) in [5, 5.41) is 4.06. The lowest BCUT2D eigenvalue weighted by atomic mass is 10.1. The summed E-state index contributed by atoms with van der Waals surface area (Å²) in [6.45, 7) is 1.73. The Hall–Kier alpha value is -3.27. The minimum absolute atomic E-state index is 0.0810. The third kappa shape index (κ3) is 2.27. The zero-order valence-electron chi connectivity index (χ0n) is 12.2. The van der Waals surface area contributed by atoms with Crippen molar-refractivity contribution in [2.75, 3.05) is 5.73 Å². The first-order valence-corrected chi connectivity index (χ1v) is 6.60. The number of aromatic amines is 1. The van der Waals surface area contributed by atoms with Crippen LogP contribution in [0.15, 0.2) is 40.4 Å². The van der Waals surface area contributed by atoms with E-state index in [1.807, 2.05) is 36.0 Å². The molecule has 0 unspecified atom stereocenters. The molecule has 7 nitrogen and oxygen atoms in total. The lowest BCUT2D eigenvalue weighted by Gasteiger charge is -2.04. The van der Waals surface area contributed by atoms with Crippen molar-refractivity contribution in [2.24, 2.45) is 12.0 Å². The second kappa shape index (κ2) is 5.26. The molecular weight excluding hydrogens is 280 g/mol. The quantitative estimate of drug-likeness (QED) is 0.640. The molecule has 7 heteroatoms. The fourth-order valence-corrected chi connectivity index (χ4v) is 2.27. The van der Waals surface area contributed by atoms with Crippen molar-refractivity contribution in [3.8, 4) is 23.1 Å². The normalized spacial score (nSPS) is 11.5. The maximum absolute atomic E-state index is 12.1. The Kier molecular flexibility index (Phi) is 3.27. The Balaban J connectivity index is 2.22. The van der Waals surface area contributed by atoms with Gasteiger partial charge in [0.15, 0.2) is 0 Å². The van der Waals surface area contributed by atoms with E-state index in [0.717, 1.165) is 16.6 Å². The minimum Gasteiger partial charge on any atom is -0.368 e. The van der Waals surface area contributed by atoms with E-state index in [-0.39, 0.29) is 11.5 Å². The van der Waals surface area contributed by atoms with Crippen LogP contribution in [-0.4, -0.2) is 19.2 Å². The molecule has 0 saturated heterocycles. The molecule has 0 amide bonds. The van der Waals surface area contributed by atoms with E-state index in [1.165, 1.54) is 4.52 Å². The van der Waals surface area contributed by atoms with Gasteiger partial charge in [0.2, 0.25) is 5.95 Å². The molecule has 110 valence electrons. The first-order chi connectivity index (χ1) is 10.6. The molecule has 3 heterocycles. The Morgan fingerprint density at radius 2 is 2.18 bits per heavy atom. The SMILES string of the molecule is CC#CN=c1ccc(-c2ccn3nc(N)[nH]c(=O)c23)cn1C. The van der Waals surface area contributed by atoms with Crippen LogP contribution in [0.1, 0.15) is 6.92 Å². The van der Waals surface area contributed by atoms with E-state index in [9.17, 15) is 4.79 Å². The first kappa shape index (κ1) is 13.7. The summed E-state index contributed by atoms with van der Waals surface area (Å²) in [5.74, 6) is 2.80. The lowest BCUT2D eigenvalue weighted by Crippen LogP contribution is -2.17. The van der Waals surface area contributed by atoms with Gasteiger partial charge in [0.05, 0.1) is 0 Å². The molecule has 3 aromatic rings. The minimum atomic E-state index is -0.277. The molecular formula is C15H14N6O. The van der Waals surface area contributed by atoms with Crippen LogP contribution in [0.2, 0.25) is 0 Å². The Morgan fingerprint density at radius 1 is 1.36 bits per heavy atom. The number of aryl methyl sites for hydroxylation is 1. The molecule has 0 aliphatic carbocycles. The van der Waals surface area contributed by atoms with Crippen LogP contribution in [0.25, 0.3) is 16.6 Å². The van der Waals surface area contributed by atoms with Gasteiger partial charge in [-0.1, -0.05) is 5.92 Å². The summed E-state index contributed by atoms with van der Waals surface area (Å²) in [6, 6.07) is 8.24. The summed E-state index contributed by atoms with van der Waals surface area (Å²) in [6.07, 6.45) is 3.60. The van der Waals surface area contributed by atoms with Crippen molar-refractivity contribution >= 4 is 11.5 Å². The third-order valence-electron chi connectivity index (χ3n) is 3.24. The number of fused-ring (bicyclic) bond motifs is 1. The molecule has 3 aromatic heterocycles. The average Bonchev–Trinajstić information content (AvgIpc) is 2.90. The van der Waals surface area contributed by atoms with Gasteiger partial charge < -0.3 is 10.3 Å². The van der Waals surface area contributed by atoms with Crippen LogP contribution >= 0.6 is 0 Å². The number of H-pyrrole nitrogens is 1. The van der Waals surface area contributed by atoms with E-state index in [0.29, 0.717) is 5.52 Å². The van der Waals surface area contributed by atoms with Gasteiger partial charge in [-0.15, -0.1) is 5.10 Å². The molecule has 0 radical (unpaired) electrons. The molecule has 0 aliphatic rings. The van der Waals surface area contributed by atoms with Crippen molar-refractivity contribution in [1.29, 1.82) is 0 Å². The topological polar surface area (TPSA) is 93.5 Å². The number of nitrogens with two attached hydrogens (primary N) is 1.